The van der Waals surface area contributed by atoms with E-state index in [0.717, 1.165) is 11.2 Å². The van der Waals surface area contributed by atoms with Crippen LogP contribution in [0.3, 0.4) is 0 Å². The van der Waals surface area contributed by atoms with Gasteiger partial charge >= 0.3 is 7.12 Å². The van der Waals surface area contributed by atoms with Crippen LogP contribution < -0.4 is 11.3 Å². The number of pyridine rings is 1. The van der Waals surface area contributed by atoms with Gasteiger partial charge in [-0.1, -0.05) is 6.07 Å². The molecule has 0 aliphatic carbocycles. The zero-order valence-electron chi connectivity index (χ0n) is 11.7. The fourth-order valence-corrected chi connectivity index (χ4v) is 1.97. The Balaban J connectivity index is 2.35. The van der Waals surface area contributed by atoms with Gasteiger partial charge in [-0.05, 0) is 46.2 Å². The van der Waals surface area contributed by atoms with Gasteiger partial charge in [0.1, 0.15) is 0 Å². The lowest BCUT2D eigenvalue weighted by Gasteiger charge is -2.32. The molecule has 1 aromatic rings. The molecule has 1 atom stereocenters. The van der Waals surface area contributed by atoms with E-state index in [1.165, 1.54) is 0 Å². The highest BCUT2D eigenvalue weighted by Crippen LogP contribution is 2.36. The van der Waals surface area contributed by atoms with Crippen molar-refractivity contribution in [1.29, 1.82) is 0 Å². The van der Waals surface area contributed by atoms with Gasteiger partial charge in [-0.2, -0.15) is 0 Å². The first-order valence-corrected chi connectivity index (χ1v) is 6.30. The van der Waals surface area contributed by atoms with Crippen molar-refractivity contribution in [3.8, 4) is 0 Å². The third-order valence-corrected chi connectivity index (χ3v) is 3.84. The van der Waals surface area contributed by atoms with E-state index < -0.39 is 7.12 Å². The zero-order valence-corrected chi connectivity index (χ0v) is 11.7. The third kappa shape index (κ3) is 2.18. The normalized spacial score (nSPS) is 23.1. The van der Waals surface area contributed by atoms with Gasteiger partial charge in [-0.25, -0.2) is 0 Å². The summed E-state index contributed by atoms with van der Waals surface area (Å²) in [5.74, 6) is 0. The Kier molecular flexibility index (Phi) is 3.26. The molecule has 0 saturated carbocycles. The van der Waals surface area contributed by atoms with E-state index in [4.69, 9.17) is 15.0 Å². The molecule has 98 valence electrons. The molecule has 0 radical (unpaired) electrons. The maximum atomic E-state index is 6.00. The topological polar surface area (TPSA) is 57.4 Å². The third-order valence-electron chi connectivity index (χ3n) is 3.84. The number of hydrogen-bond donors (Lipinski definition) is 1. The van der Waals surface area contributed by atoms with Crippen LogP contribution in [0.5, 0.6) is 0 Å². The summed E-state index contributed by atoms with van der Waals surface area (Å²) >= 11 is 0. The SMILES string of the molecule is CC(N)c1cccnc1B1OC(C)(C)C(C)(C)O1. The second-order valence-electron chi connectivity index (χ2n) is 5.85. The molecule has 4 nitrogen and oxygen atoms in total. The smallest absolute Gasteiger partial charge is 0.398 e. The molecule has 1 aliphatic rings. The highest BCUT2D eigenvalue weighted by atomic mass is 16.7. The van der Waals surface area contributed by atoms with Gasteiger partial charge in [0.05, 0.1) is 16.8 Å². The summed E-state index contributed by atoms with van der Waals surface area (Å²) in [5, 5.41) is 0. The summed E-state index contributed by atoms with van der Waals surface area (Å²) in [4.78, 5) is 4.38. The maximum absolute atomic E-state index is 6.00. The quantitative estimate of drug-likeness (QED) is 0.804. The van der Waals surface area contributed by atoms with Gasteiger partial charge in [0.2, 0.25) is 0 Å². The number of nitrogens with zero attached hydrogens (tertiary/aromatic N) is 1. The second-order valence-corrected chi connectivity index (χ2v) is 5.85. The first-order chi connectivity index (χ1) is 8.24. The van der Waals surface area contributed by atoms with Crippen molar-refractivity contribution < 1.29 is 9.31 Å². The van der Waals surface area contributed by atoms with Crippen LogP contribution in [-0.2, 0) is 9.31 Å². The molecular formula is C13H21BN2O2. The zero-order chi connectivity index (χ0) is 13.6. The van der Waals surface area contributed by atoms with E-state index in [1.54, 1.807) is 6.20 Å². The van der Waals surface area contributed by atoms with E-state index in [-0.39, 0.29) is 17.2 Å². The monoisotopic (exact) mass is 248 g/mol. The Hall–Kier alpha value is -0.905. The molecule has 2 heterocycles. The first-order valence-electron chi connectivity index (χ1n) is 6.30. The highest BCUT2D eigenvalue weighted by Gasteiger charge is 2.52. The van der Waals surface area contributed by atoms with E-state index in [1.807, 2.05) is 46.8 Å². The van der Waals surface area contributed by atoms with Gasteiger partial charge in [-0.3, -0.25) is 4.98 Å². The van der Waals surface area contributed by atoms with Crippen LogP contribution in [0.15, 0.2) is 18.3 Å². The molecule has 1 fully saturated rings. The van der Waals surface area contributed by atoms with Crippen molar-refractivity contribution in [2.24, 2.45) is 5.73 Å². The summed E-state index contributed by atoms with van der Waals surface area (Å²) in [6.07, 6.45) is 1.74. The van der Waals surface area contributed by atoms with Crippen molar-refractivity contribution >= 4 is 12.7 Å². The number of hydrogen-bond acceptors (Lipinski definition) is 4. The number of aromatic nitrogens is 1. The molecule has 1 aromatic heterocycles. The summed E-state index contributed by atoms with van der Waals surface area (Å²) < 4.78 is 12.0. The predicted molar refractivity (Wildman–Crippen MR) is 72.6 cm³/mol. The molecule has 1 unspecified atom stereocenters. The lowest BCUT2D eigenvalue weighted by Crippen LogP contribution is -2.41. The average molecular weight is 248 g/mol. The van der Waals surface area contributed by atoms with E-state index in [0.29, 0.717) is 0 Å². The summed E-state index contributed by atoms with van der Waals surface area (Å²) in [6.45, 7) is 10.1. The Morgan fingerprint density at radius 2 is 1.78 bits per heavy atom. The van der Waals surface area contributed by atoms with Crippen molar-refractivity contribution in [2.45, 2.75) is 51.9 Å². The Labute approximate surface area is 109 Å². The van der Waals surface area contributed by atoms with Crippen molar-refractivity contribution in [1.82, 2.24) is 4.98 Å². The summed E-state index contributed by atoms with van der Waals surface area (Å²) in [7, 11) is -0.447. The standard InChI is InChI=1S/C13H21BN2O2/c1-9(15)10-7-6-8-16-11(10)14-17-12(2,3)13(4,5)18-14/h6-9H,15H2,1-5H3. The van der Waals surface area contributed by atoms with Crippen molar-refractivity contribution in [3.05, 3.63) is 23.9 Å². The molecule has 0 spiro atoms. The first kappa shape index (κ1) is 13.5. The van der Waals surface area contributed by atoms with Crippen molar-refractivity contribution in [2.75, 3.05) is 0 Å². The fraction of sp³-hybridized carbons (Fsp3) is 0.615. The molecule has 0 bridgehead atoms. The fourth-order valence-electron chi connectivity index (χ4n) is 1.97. The minimum Gasteiger partial charge on any atom is -0.398 e. The molecule has 1 aliphatic heterocycles. The van der Waals surface area contributed by atoms with E-state index in [9.17, 15) is 0 Å². The van der Waals surface area contributed by atoms with Crippen LogP contribution in [0.1, 0.15) is 46.2 Å². The molecule has 0 aromatic carbocycles. The molecule has 0 amide bonds. The number of nitrogens with two attached hydrogens (primary N) is 1. The average Bonchev–Trinajstić information content (AvgIpc) is 2.48. The second kappa shape index (κ2) is 4.33. The minimum atomic E-state index is -0.447. The molecule has 5 heteroatoms. The molecular weight excluding hydrogens is 227 g/mol. The molecule has 1 saturated heterocycles. The van der Waals surface area contributed by atoms with Gasteiger partial charge in [0.15, 0.2) is 0 Å². The minimum absolute atomic E-state index is 0.0901. The summed E-state index contributed by atoms with van der Waals surface area (Å²) in [6, 6.07) is 3.76. The Bertz CT molecular complexity index is 430. The van der Waals surface area contributed by atoms with Crippen molar-refractivity contribution in [3.63, 3.8) is 0 Å². The Morgan fingerprint density at radius 1 is 1.22 bits per heavy atom. The maximum Gasteiger partial charge on any atom is 0.514 e. The Morgan fingerprint density at radius 3 is 2.28 bits per heavy atom. The lowest BCUT2D eigenvalue weighted by molar-refractivity contribution is 0.00578. The van der Waals surface area contributed by atoms with Crippen LogP contribution in [0.2, 0.25) is 0 Å². The highest BCUT2D eigenvalue weighted by molar-refractivity contribution is 6.61. The van der Waals surface area contributed by atoms with E-state index in [2.05, 4.69) is 4.98 Å². The van der Waals surface area contributed by atoms with E-state index >= 15 is 0 Å². The molecule has 2 N–H and O–H groups in total. The van der Waals surface area contributed by atoms with Gasteiger partial charge in [0, 0.05) is 12.2 Å². The summed E-state index contributed by atoms with van der Waals surface area (Å²) in [5.41, 5.74) is 7.00. The van der Waals surface area contributed by atoms with Crippen LogP contribution in [0.25, 0.3) is 0 Å². The molecule has 18 heavy (non-hydrogen) atoms. The van der Waals surface area contributed by atoms with Gasteiger partial charge in [-0.15, -0.1) is 0 Å². The van der Waals surface area contributed by atoms with Crippen LogP contribution in [0, 0.1) is 0 Å². The lowest BCUT2D eigenvalue weighted by atomic mass is 9.79. The van der Waals surface area contributed by atoms with Crippen LogP contribution in [-0.4, -0.2) is 23.3 Å². The largest absolute Gasteiger partial charge is 0.514 e. The predicted octanol–water partition coefficient (Wildman–Crippen LogP) is 1.40. The number of rotatable bonds is 2. The molecule has 2 rings (SSSR count). The van der Waals surface area contributed by atoms with Crippen LogP contribution in [0.4, 0.5) is 0 Å². The van der Waals surface area contributed by atoms with Crippen LogP contribution >= 0.6 is 0 Å². The van der Waals surface area contributed by atoms with Gasteiger partial charge in [0.25, 0.3) is 0 Å². The van der Waals surface area contributed by atoms with Gasteiger partial charge < -0.3 is 15.0 Å².